The Hall–Kier alpha value is -0.520. The summed E-state index contributed by atoms with van der Waals surface area (Å²) in [5, 5.41) is 0. The third-order valence-corrected chi connectivity index (χ3v) is 5.05. The lowest BCUT2D eigenvalue weighted by molar-refractivity contribution is 0.333. The molecule has 0 aromatic rings. The average molecular weight is 291 g/mol. The molecule has 0 N–H and O–H groups in total. The molecule has 1 aliphatic rings. The lowest BCUT2D eigenvalue weighted by Crippen LogP contribution is -2.20. The van der Waals surface area contributed by atoms with Gasteiger partial charge >= 0.3 is 0 Å². The second-order valence-electron chi connectivity index (χ2n) is 6.95. The van der Waals surface area contributed by atoms with Crippen molar-refractivity contribution in [3.8, 4) is 0 Å². The first-order valence-electron chi connectivity index (χ1n) is 9.63. The molecule has 0 saturated heterocycles. The lowest BCUT2D eigenvalue weighted by Gasteiger charge is -2.32. The summed E-state index contributed by atoms with van der Waals surface area (Å²) in [5.41, 5.74) is 1.54. The van der Waals surface area contributed by atoms with Gasteiger partial charge in [0, 0.05) is 0 Å². The molecule has 0 heterocycles. The highest BCUT2D eigenvalue weighted by Gasteiger charge is 2.25. The highest BCUT2D eigenvalue weighted by atomic mass is 14.3. The molecule has 0 nitrogen and oxygen atoms in total. The predicted molar refractivity (Wildman–Crippen MR) is 96.6 cm³/mol. The molecular formula is C21H38. The van der Waals surface area contributed by atoms with Gasteiger partial charge in [0.25, 0.3) is 0 Å². The van der Waals surface area contributed by atoms with Gasteiger partial charge in [0.2, 0.25) is 0 Å². The van der Waals surface area contributed by atoms with Gasteiger partial charge in [0.1, 0.15) is 0 Å². The minimum absolute atomic E-state index is 0.780. The standard InChI is InChI=1S/C21H38/c1-4-6-8-10-12-16-20-17-14-15-19(3)21(20)18-13-11-9-7-5-2/h12,16,20-21H,3-11,13-15,17-18H2,1-2H3/b16-12+. The molecule has 0 radical (unpaired) electrons. The first kappa shape index (κ1) is 18.5. The Balaban J connectivity index is 2.33. The normalized spacial score (nSPS) is 23.0. The van der Waals surface area contributed by atoms with Crippen molar-refractivity contribution in [1.82, 2.24) is 0 Å². The van der Waals surface area contributed by atoms with Crippen LogP contribution in [-0.2, 0) is 0 Å². The fourth-order valence-electron chi connectivity index (χ4n) is 3.65. The van der Waals surface area contributed by atoms with Crippen molar-refractivity contribution in [2.75, 3.05) is 0 Å². The van der Waals surface area contributed by atoms with Crippen molar-refractivity contribution in [3.63, 3.8) is 0 Å². The average Bonchev–Trinajstić information content (AvgIpc) is 2.49. The number of hydrogen-bond acceptors (Lipinski definition) is 0. The zero-order valence-corrected chi connectivity index (χ0v) is 14.7. The fraction of sp³-hybridized carbons (Fsp3) is 0.810. The van der Waals surface area contributed by atoms with Gasteiger partial charge in [-0.2, -0.15) is 0 Å². The summed E-state index contributed by atoms with van der Waals surface area (Å²) in [5.74, 6) is 1.57. The van der Waals surface area contributed by atoms with Crippen LogP contribution in [0.1, 0.15) is 97.3 Å². The van der Waals surface area contributed by atoms with E-state index in [0.29, 0.717) is 0 Å². The molecule has 2 unspecified atom stereocenters. The Morgan fingerprint density at radius 2 is 1.71 bits per heavy atom. The van der Waals surface area contributed by atoms with Crippen molar-refractivity contribution in [1.29, 1.82) is 0 Å². The minimum atomic E-state index is 0.780. The maximum Gasteiger partial charge on any atom is -0.0143 e. The van der Waals surface area contributed by atoms with Gasteiger partial charge < -0.3 is 0 Å². The Bertz CT molecular complexity index is 286. The monoisotopic (exact) mass is 290 g/mol. The topological polar surface area (TPSA) is 0 Å². The molecule has 1 aliphatic carbocycles. The van der Waals surface area contributed by atoms with E-state index < -0.39 is 0 Å². The molecule has 122 valence electrons. The molecule has 0 spiro atoms. The van der Waals surface area contributed by atoms with Gasteiger partial charge in [-0.1, -0.05) is 83.1 Å². The summed E-state index contributed by atoms with van der Waals surface area (Å²) in [7, 11) is 0. The highest BCUT2D eigenvalue weighted by molar-refractivity contribution is 5.10. The van der Waals surface area contributed by atoms with Gasteiger partial charge in [0.15, 0.2) is 0 Å². The Morgan fingerprint density at radius 1 is 1.00 bits per heavy atom. The maximum absolute atomic E-state index is 4.38. The summed E-state index contributed by atoms with van der Waals surface area (Å²) in [4.78, 5) is 0. The Kier molecular flexibility index (Phi) is 10.6. The largest absolute Gasteiger partial charge is 0.0996 e. The van der Waals surface area contributed by atoms with Crippen molar-refractivity contribution < 1.29 is 0 Å². The van der Waals surface area contributed by atoms with E-state index in [1.165, 1.54) is 83.5 Å². The van der Waals surface area contributed by atoms with E-state index in [9.17, 15) is 0 Å². The van der Waals surface area contributed by atoms with Gasteiger partial charge in [-0.25, -0.2) is 0 Å². The van der Waals surface area contributed by atoms with Crippen molar-refractivity contribution in [3.05, 3.63) is 24.3 Å². The molecule has 0 amide bonds. The summed E-state index contributed by atoms with van der Waals surface area (Å²) in [6, 6.07) is 0. The number of allylic oxidation sites excluding steroid dienone is 3. The zero-order valence-electron chi connectivity index (χ0n) is 14.7. The third-order valence-electron chi connectivity index (χ3n) is 5.05. The number of rotatable bonds is 11. The van der Waals surface area contributed by atoms with Crippen LogP contribution in [-0.4, -0.2) is 0 Å². The van der Waals surface area contributed by atoms with Gasteiger partial charge in [-0.05, 0) is 50.4 Å². The molecule has 1 saturated carbocycles. The molecule has 0 heteroatoms. The maximum atomic E-state index is 4.38. The van der Waals surface area contributed by atoms with Crippen molar-refractivity contribution in [2.45, 2.75) is 97.3 Å². The van der Waals surface area contributed by atoms with Crippen LogP contribution in [0.5, 0.6) is 0 Å². The van der Waals surface area contributed by atoms with E-state index in [-0.39, 0.29) is 0 Å². The van der Waals surface area contributed by atoms with Crippen molar-refractivity contribution in [2.24, 2.45) is 11.8 Å². The smallest absolute Gasteiger partial charge is 0.0143 e. The third kappa shape index (κ3) is 7.88. The second kappa shape index (κ2) is 12.1. The number of unbranched alkanes of at least 4 members (excludes halogenated alkanes) is 7. The van der Waals surface area contributed by atoms with E-state index in [2.05, 4.69) is 32.6 Å². The lowest BCUT2D eigenvalue weighted by atomic mass is 9.73. The van der Waals surface area contributed by atoms with E-state index in [4.69, 9.17) is 0 Å². The van der Waals surface area contributed by atoms with Crippen molar-refractivity contribution >= 4 is 0 Å². The molecule has 1 rings (SSSR count). The van der Waals surface area contributed by atoms with Gasteiger partial charge in [0.05, 0.1) is 0 Å². The summed E-state index contributed by atoms with van der Waals surface area (Å²) >= 11 is 0. The van der Waals surface area contributed by atoms with E-state index in [1.807, 2.05) is 0 Å². The van der Waals surface area contributed by atoms with Crippen LogP contribution >= 0.6 is 0 Å². The first-order valence-corrected chi connectivity index (χ1v) is 9.63. The summed E-state index contributed by atoms with van der Waals surface area (Å²) < 4.78 is 0. The molecule has 1 fully saturated rings. The first-order chi connectivity index (χ1) is 10.3. The van der Waals surface area contributed by atoms with E-state index in [1.54, 1.807) is 5.57 Å². The second-order valence-corrected chi connectivity index (χ2v) is 6.95. The molecule has 0 aliphatic heterocycles. The van der Waals surface area contributed by atoms with Crippen LogP contribution in [0.3, 0.4) is 0 Å². The van der Waals surface area contributed by atoms with Crippen LogP contribution in [0, 0.1) is 11.8 Å². The van der Waals surface area contributed by atoms with Crippen LogP contribution < -0.4 is 0 Å². The SMILES string of the molecule is C=C1CCCC(/C=C/CCCCC)C1CCCCCCC. The van der Waals surface area contributed by atoms with Gasteiger partial charge in [-0.15, -0.1) is 0 Å². The molecule has 0 bridgehead atoms. The molecular weight excluding hydrogens is 252 g/mol. The van der Waals surface area contributed by atoms with E-state index in [0.717, 1.165) is 11.8 Å². The molecule has 0 aromatic carbocycles. The minimum Gasteiger partial charge on any atom is -0.0996 e. The Labute approximate surface area is 134 Å². The van der Waals surface area contributed by atoms with Crippen LogP contribution in [0.4, 0.5) is 0 Å². The summed E-state index contributed by atoms with van der Waals surface area (Å²) in [6.45, 7) is 8.96. The van der Waals surface area contributed by atoms with E-state index >= 15 is 0 Å². The number of hydrogen-bond donors (Lipinski definition) is 0. The Morgan fingerprint density at radius 3 is 2.48 bits per heavy atom. The van der Waals surface area contributed by atoms with Crippen LogP contribution in [0.15, 0.2) is 24.3 Å². The summed E-state index contributed by atoms with van der Waals surface area (Å²) in [6.07, 6.45) is 22.8. The van der Waals surface area contributed by atoms with Crippen LogP contribution in [0.2, 0.25) is 0 Å². The van der Waals surface area contributed by atoms with Gasteiger partial charge in [-0.3, -0.25) is 0 Å². The molecule has 21 heavy (non-hydrogen) atoms. The highest BCUT2D eigenvalue weighted by Crippen LogP contribution is 2.37. The quantitative estimate of drug-likeness (QED) is 0.274. The zero-order chi connectivity index (χ0) is 15.3. The fourth-order valence-corrected chi connectivity index (χ4v) is 3.65. The molecule has 0 aromatic heterocycles. The predicted octanol–water partition coefficient (Wildman–Crippen LogP) is 7.46. The molecule has 2 atom stereocenters. The van der Waals surface area contributed by atoms with Crippen LogP contribution in [0.25, 0.3) is 0 Å².